The summed E-state index contributed by atoms with van der Waals surface area (Å²) in [6, 6.07) is 3.96. The zero-order valence-electron chi connectivity index (χ0n) is 10.5. The Morgan fingerprint density at radius 2 is 2.30 bits per heavy atom. The van der Waals surface area contributed by atoms with Gasteiger partial charge in [-0.3, -0.25) is 14.9 Å². The van der Waals surface area contributed by atoms with E-state index in [9.17, 15) is 19.7 Å². The first-order valence-corrected chi connectivity index (χ1v) is 6.03. The molecular weight excluding hydrogens is 266 g/mol. The van der Waals surface area contributed by atoms with Gasteiger partial charge < -0.3 is 15.7 Å². The highest BCUT2D eigenvalue weighted by Gasteiger charge is 2.25. The molecule has 1 aromatic carbocycles. The first kappa shape index (κ1) is 13.8. The number of benzene rings is 1. The third kappa shape index (κ3) is 2.85. The normalized spacial score (nSPS) is 17.6. The molecule has 1 amide bonds. The first-order chi connectivity index (χ1) is 9.49. The molecule has 1 heterocycles. The lowest BCUT2D eigenvalue weighted by Gasteiger charge is -2.13. The van der Waals surface area contributed by atoms with E-state index in [1.165, 1.54) is 18.2 Å². The smallest absolute Gasteiger partial charge is 0.342 e. The highest BCUT2D eigenvalue weighted by molar-refractivity contribution is 5.95. The number of hydrogen-bond acceptors (Lipinski definition) is 5. The second-order valence-corrected chi connectivity index (χ2v) is 4.45. The summed E-state index contributed by atoms with van der Waals surface area (Å²) in [6.45, 7) is 0.315. The second-order valence-electron chi connectivity index (χ2n) is 4.45. The van der Waals surface area contributed by atoms with Crippen molar-refractivity contribution in [3.05, 3.63) is 33.9 Å². The molecule has 1 aromatic rings. The lowest BCUT2D eigenvalue weighted by molar-refractivity contribution is -0.384. The van der Waals surface area contributed by atoms with Crippen LogP contribution >= 0.6 is 0 Å². The minimum atomic E-state index is -1.35. The summed E-state index contributed by atoms with van der Waals surface area (Å²) in [5.41, 5.74) is -0.698. The van der Waals surface area contributed by atoms with Crippen LogP contribution in [0.5, 0.6) is 0 Å². The number of carbonyl (C=O) groups excluding carboxylic acids is 1. The summed E-state index contributed by atoms with van der Waals surface area (Å²) in [7, 11) is 0. The molecule has 1 aliphatic rings. The number of para-hydroxylation sites is 1. The average Bonchev–Trinajstić information content (AvgIpc) is 2.81. The molecule has 0 aliphatic carbocycles. The summed E-state index contributed by atoms with van der Waals surface area (Å²) in [4.78, 5) is 32.4. The maximum absolute atomic E-state index is 11.1. The quantitative estimate of drug-likeness (QED) is 0.545. The largest absolute Gasteiger partial charge is 0.477 e. The van der Waals surface area contributed by atoms with E-state index in [2.05, 4.69) is 10.6 Å². The van der Waals surface area contributed by atoms with Crippen LogP contribution in [0.15, 0.2) is 18.2 Å². The molecule has 1 unspecified atom stereocenters. The molecule has 0 bridgehead atoms. The van der Waals surface area contributed by atoms with Gasteiger partial charge in [0.25, 0.3) is 0 Å². The molecule has 2 rings (SSSR count). The van der Waals surface area contributed by atoms with Crippen molar-refractivity contribution in [3.63, 3.8) is 0 Å². The number of nitrogens with zero attached hydrogens (tertiary/aromatic N) is 1. The van der Waals surface area contributed by atoms with Crippen LogP contribution in [0, 0.1) is 10.1 Å². The minimum Gasteiger partial charge on any atom is -0.477 e. The number of carboxylic acids is 1. The number of anilines is 1. The van der Waals surface area contributed by atoms with Gasteiger partial charge >= 0.3 is 11.7 Å². The fourth-order valence-corrected chi connectivity index (χ4v) is 2.12. The number of carbonyl (C=O) groups is 2. The van der Waals surface area contributed by atoms with Crippen molar-refractivity contribution in [2.24, 2.45) is 0 Å². The molecule has 20 heavy (non-hydrogen) atoms. The van der Waals surface area contributed by atoms with Gasteiger partial charge in [-0.25, -0.2) is 4.79 Å². The maximum atomic E-state index is 11.1. The molecule has 8 heteroatoms. The molecule has 1 aliphatic heterocycles. The van der Waals surface area contributed by atoms with Crippen LogP contribution < -0.4 is 10.6 Å². The first-order valence-electron chi connectivity index (χ1n) is 6.03. The maximum Gasteiger partial charge on any atom is 0.342 e. The Kier molecular flexibility index (Phi) is 3.83. The third-order valence-corrected chi connectivity index (χ3v) is 3.07. The van der Waals surface area contributed by atoms with Gasteiger partial charge in [0, 0.05) is 19.0 Å². The van der Waals surface area contributed by atoms with Crippen LogP contribution in [0.1, 0.15) is 23.2 Å². The van der Waals surface area contributed by atoms with Crippen molar-refractivity contribution in [2.45, 2.75) is 18.9 Å². The van der Waals surface area contributed by atoms with Crippen molar-refractivity contribution in [1.29, 1.82) is 0 Å². The van der Waals surface area contributed by atoms with Crippen LogP contribution in [-0.2, 0) is 4.79 Å². The Morgan fingerprint density at radius 3 is 2.85 bits per heavy atom. The summed E-state index contributed by atoms with van der Waals surface area (Å²) < 4.78 is 0. The van der Waals surface area contributed by atoms with Crippen LogP contribution in [-0.4, -0.2) is 34.5 Å². The number of amides is 1. The Hall–Kier alpha value is -2.64. The van der Waals surface area contributed by atoms with Gasteiger partial charge in [-0.05, 0) is 18.6 Å². The Bertz CT molecular complexity index is 572. The van der Waals surface area contributed by atoms with Gasteiger partial charge in [-0.1, -0.05) is 6.07 Å². The standard InChI is InChI=1S/C12H13N3O5/c16-10-5-4-7(14-10)6-13-9-3-1-2-8(12(17)18)11(9)15(19)20/h1-3,7,13H,4-6H2,(H,14,16)(H,17,18). The van der Waals surface area contributed by atoms with Gasteiger partial charge in [0.2, 0.25) is 5.91 Å². The van der Waals surface area contributed by atoms with Gasteiger partial charge in [-0.2, -0.15) is 0 Å². The van der Waals surface area contributed by atoms with E-state index >= 15 is 0 Å². The zero-order chi connectivity index (χ0) is 14.7. The van der Waals surface area contributed by atoms with Crippen LogP contribution in [0.25, 0.3) is 0 Å². The number of rotatable bonds is 5. The number of nitro groups is 1. The van der Waals surface area contributed by atoms with E-state index in [4.69, 9.17) is 5.11 Å². The van der Waals surface area contributed by atoms with Gasteiger partial charge in [0.15, 0.2) is 0 Å². The van der Waals surface area contributed by atoms with Crippen LogP contribution in [0.2, 0.25) is 0 Å². The van der Waals surface area contributed by atoms with Crippen molar-refractivity contribution in [1.82, 2.24) is 5.32 Å². The monoisotopic (exact) mass is 279 g/mol. The van der Waals surface area contributed by atoms with Crippen molar-refractivity contribution >= 4 is 23.3 Å². The SMILES string of the molecule is O=C1CCC(CNc2cccc(C(=O)O)c2[N+](=O)[O-])N1. The summed E-state index contributed by atoms with van der Waals surface area (Å²) in [5, 5.41) is 25.5. The molecule has 8 nitrogen and oxygen atoms in total. The zero-order valence-corrected chi connectivity index (χ0v) is 10.5. The van der Waals surface area contributed by atoms with E-state index in [1.807, 2.05) is 0 Å². The number of nitro benzene ring substituents is 1. The predicted octanol–water partition coefficient (Wildman–Crippen LogP) is 0.983. The second kappa shape index (κ2) is 5.55. The van der Waals surface area contributed by atoms with Crippen molar-refractivity contribution < 1.29 is 19.6 Å². The highest BCUT2D eigenvalue weighted by atomic mass is 16.6. The summed E-state index contributed by atoms with van der Waals surface area (Å²) in [6.07, 6.45) is 1.09. The Balaban J connectivity index is 2.18. The van der Waals surface area contributed by atoms with Gasteiger partial charge in [0.05, 0.1) is 4.92 Å². The summed E-state index contributed by atoms with van der Waals surface area (Å²) >= 11 is 0. The molecule has 0 saturated carbocycles. The third-order valence-electron chi connectivity index (χ3n) is 3.07. The molecule has 1 atom stereocenters. The topological polar surface area (TPSA) is 122 Å². The number of carboxylic acid groups (broad SMARTS) is 1. The van der Waals surface area contributed by atoms with E-state index in [-0.39, 0.29) is 23.2 Å². The Labute approximate surface area is 113 Å². The van der Waals surface area contributed by atoms with E-state index in [1.54, 1.807) is 0 Å². The van der Waals surface area contributed by atoms with Crippen molar-refractivity contribution in [2.75, 3.05) is 11.9 Å². The molecule has 1 saturated heterocycles. The number of aromatic carboxylic acids is 1. The molecule has 1 fully saturated rings. The molecule has 0 radical (unpaired) electrons. The van der Waals surface area contributed by atoms with E-state index in [0.717, 1.165) is 0 Å². The predicted molar refractivity (Wildman–Crippen MR) is 69.7 cm³/mol. The van der Waals surface area contributed by atoms with E-state index in [0.29, 0.717) is 19.4 Å². The molecule has 0 spiro atoms. The molecule has 3 N–H and O–H groups in total. The lowest BCUT2D eigenvalue weighted by Crippen LogP contribution is -2.32. The van der Waals surface area contributed by atoms with E-state index < -0.39 is 16.6 Å². The summed E-state index contributed by atoms with van der Waals surface area (Å²) in [5.74, 6) is -1.40. The van der Waals surface area contributed by atoms with Gasteiger partial charge in [-0.15, -0.1) is 0 Å². The fourth-order valence-electron chi connectivity index (χ4n) is 2.12. The van der Waals surface area contributed by atoms with Crippen LogP contribution in [0.3, 0.4) is 0 Å². The number of nitrogens with one attached hydrogen (secondary N) is 2. The highest BCUT2D eigenvalue weighted by Crippen LogP contribution is 2.28. The number of hydrogen-bond donors (Lipinski definition) is 3. The van der Waals surface area contributed by atoms with Gasteiger partial charge in [0.1, 0.15) is 11.3 Å². The molecule has 106 valence electrons. The minimum absolute atomic E-state index is 0.0504. The van der Waals surface area contributed by atoms with Crippen molar-refractivity contribution in [3.8, 4) is 0 Å². The lowest BCUT2D eigenvalue weighted by atomic mass is 10.1. The average molecular weight is 279 g/mol. The van der Waals surface area contributed by atoms with Crippen LogP contribution in [0.4, 0.5) is 11.4 Å². The molecule has 0 aromatic heterocycles. The fraction of sp³-hybridized carbons (Fsp3) is 0.333. The molecular formula is C12H13N3O5. The Morgan fingerprint density at radius 1 is 1.55 bits per heavy atom.